The molecule has 0 spiro atoms. The van der Waals surface area contributed by atoms with E-state index in [1.165, 1.54) is 0 Å². The van der Waals surface area contributed by atoms with Gasteiger partial charge in [0.05, 0.1) is 11.4 Å². The molecule has 0 aliphatic carbocycles. The van der Waals surface area contributed by atoms with Gasteiger partial charge in [-0.1, -0.05) is 12.1 Å². The fourth-order valence-electron chi connectivity index (χ4n) is 2.14. The van der Waals surface area contributed by atoms with Crippen LogP contribution < -0.4 is 16.6 Å². The number of nitrogens with zero attached hydrogens (tertiary/aromatic N) is 1. The third-order valence-electron chi connectivity index (χ3n) is 3.43. The van der Waals surface area contributed by atoms with Gasteiger partial charge in [0.1, 0.15) is 0 Å². The summed E-state index contributed by atoms with van der Waals surface area (Å²) in [5.41, 5.74) is 5.47. The molecule has 2 aromatic carbocycles. The minimum atomic E-state index is -0.838. The first-order chi connectivity index (χ1) is 11.5. The highest BCUT2D eigenvalue weighted by Crippen LogP contribution is 2.25. The molecule has 2 aromatic rings. The first kappa shape index (κ1) is 17.2. The Hall–Kier alpha value is -3.19. The topological polar surface area (TPSA) is 117 Å². The lowest BCUT2D eigenvalue weighted by Crippen LogP contribution is -2.13. The van der Waals surface area contributed by atoms with Crippen LogP contribution in [0.1, 0.15) is 22.3 Å². The molecule has 0 atom stereocenters. The minimum absolute atomic E-state index is 0.0740. The lowest BCUT2D eigenvalue weighted by molar-refractivity contribution is -0.136. The molecule has 0 bridgehead atoms. The quantitative estimate of drug-likeness (QED) is 0.354. The minimum Gasteiger partial charge on any atom is -0.481 e. The average Bonchev–Trinajstić information content (AvgIpc) is 2.60. The molecule has 0 radical (unpaired) electrons. The van der Waals surface area contributed by atoms with Gasteiger partial charge in [0, 0.05) is 17.7 Å². The number of aliphatic carboxylic acids is 1. The summed E-state index contributed by atoms with van der Waals surface area (Å²) in [6.45, 7) is 3.44. The second-order valence-corrected chi connectivity index (χ2v) is 5.08. The molecule has 0 heterocycles. The lowest BCUT2D eigenvalue weighted by Gasteiger charge is -2.09. The first-order valence-electron chi connectivity index (χ1n) is 7.23. The highest BCUT2D eigenvalue weighted by molar-refractivity contribution is 6.05. The number of hydrogen-bond donors (Lipinski definition) is 4. The van der Waals surface area contributed by atoms with E-state index in [-0.39, 0.29) is 12.3 Å². The molecule has 1 amide bonds. The lowest BCUT2D eigenvalue weighted by atomic mass is 10.1. The zero-order valence-electron chi connectivity index (χ0n) is 13.0. The fraction of sp³-hybridized carbons (Fsp3) is 0.118. The molecular formula is C17H18N4O3. The summed E-state index contributed by atoms with van der Waals surface area (Å²) in [5.74, 6) is 4.23. The Balaban J connectivity index is 2.06. The summed E-state index contributed by atoms with van der Waals surface area (Å²) >= 11 is 0. The summed E-state index contributed by atoms with van der Waals surface area (Å²) in [7, 11) is 0. The molecule has 0 saturated carbocycles. The third-order valence-corrected chi connectivity index (χ3v) is 3.43. The number of carbonyl (C=O) groups is 2. The predicted molar refractivity (Wildman–Crippen MR) is 93.8 cm³/mol. The maximum atomic E-state index is 12.3. The van der Waals surface area contributed by atoms with Crippen molar-refractivity contribution in [2.75, 3.05) is 10.7 Å². The van der Waals surface area contributed by atoms with Crippen molar-refractivity contribution in [3.63, 3.8) is 0 Å². The Labute approximate surface area is 139 Å². The molecule has 0 unspecified atom stereocenters. The van der Waals surface area contributed by atoms with Crippen LogP contribution in [-0.4, -0.2) is 23.7 Å². The standard InChI is InChI=1S/C17H18N4O3/c1-19-15-10-12(5-8-14(15)21-18)17(24)20-13-6-2-11(3-7-13)4-9-16(22)23/h2-3,5-8,10,21H,1,4,9,18H2,(H,20,24)(H,22,23). The van der Waals surface area contributed by atoms with Crippen LogP contribution >= 0.6 is 0 Å². The number of amides is 1. The number of carbonyl (C=O) groups excluding carboxylic acids is 1. The third kappa shape index (κ3) is 4.40. The summed E-state index contributed by atoms with van der Waals surface area (Å²) in [6.07, 6.45) is 0.524. The molecule has 0 aliphatic rings. The second-order valence-electron chi connectivity index (χ2n) is 5.08. The van der Waals surface area contributed by atoms with Crippen LogP contribution in [0.4, 0.5) is 17.1 Å². The second kappa shape index (κ2) is 7.89. The summed E-state index contributed by atoms with van der Waals surface area (Å²) in [5, 5.41) is 11.4. The number of benzene rings is 2. The number of aryl methyl sites for hydroxylation is 1. The molecule has 7 nitrogen and oxygen atoms in total. The molecular weight excluding hydrogens is 308 g/mol. The van der Waals surface area contributed by atoms with Crippen molar-refractivity contribution in [2.24, 2.45) is 10.8 Å². The summed E-state index contributed by atoms with van der Waals surface area (Å²) < 4.78 is 0. The number of hydrazine groups is 1. The molecule has 2 rings (SSSR count). The van der Waals surface area contributed by atoms with Crippen LogP contribution in [0.5, 0.6) is 0 Å². The van der Waals surface area contributed by atoms with E-state index >= 15 is 0 Å². The normalized spacial score (nSPS) is 10.0. The Morgan fingerprint density at radius 1 is 1.17 bits per heavy atom. The number of nitrogen functional groups attached to an aromatic ring is 1. The monoisotopic (exact) mass is 326 g/mol. The van der Waals surface area contributed by atoms with Crippen molar-refractivity contribution in [3.05, 3.63) is 53.6 Å². The van der Waals surface area contributed by atoms with Crippen molar-refractivity contribution in [3.8, 4) is 0 Å². The van der Waals surface area contributed by atoms with Gasteiger partial charge in [0.2, 0.25) is 0 Å². The molecule has 5 N–H and O–H groups in total. The smallest absolute Gasteiger partial charge is 0.303 e. The van der Waals surface area contributed by atoms with Gasteiger partial charge >= 0.3 is 5.97 Å². The van der Waals surface area contributed by atoms with Crippen molar-refractivity contribution < 1.29 is 14.7 Å². The Morgan fingerprint density at radius 3 is 2.46 bits per heavy atom. The van der Waals surface area contributed by atoms with Crippen molar-refractivity contribution in [2.45, 2.75) is 12.8 Å². The summed E-state index contributed by atoms with van der Waals surface area (Å²) in [4.78, 5) is 26.7. The van der Waals surface area contributed by atoms with Gasteiger partial charge in [-0.15, -0.1) is 0 Å². The molecule has 0 saturated heterocycles. The van der Waals surface area contributed by atoms with E-state index in [2.05, 4.69) is 22.5 Å². The van der Waals surface area contributed by atoms with E-state index in [1.807, 2.05) is 0 Å². The van der Waals surface area contributed by atoms with Crippen LogP contribution in [0.2, 0.25) is 0 Å². The highest BCUT2D eigenvalue weighted by atomic mass is 16.4. The van der Waals surface area contributed by atoms with E-state index in [4.69, 9.17) is 10.9 Å². The molecule has 0 fully saturated rings. The average molecular weight is 326 g/mol. The number of hydrogen-bond acceptors (Lipinski definition) is 5. The first-order valence-corrected chi connectivity index (χ1v) is 7.23. The van der Waals surface area contributed by atoms with E-state index in [0.29, 0.717) is 29.0 Å². The van der Waals surface area contributed by atoms with Crippen molar-refractivity contribution in [1.82, 2.24) is 0 Å². The van der Waals surface area contributed by atoms with E-state index in [9.17, 15) is 9.59 Å². The van der Waals surface area contributed by atoms with Gasteiger partial charge in [0.15, 0.2) is 0 Å². The van der Waals surface area contributed by atoms with Gasteiger partial charge in [-0.25, -0.2) is 0 Å². The van der Waals surface area contributed by atoms with E-state index < -0.39 is 5.97 Å². The molecule has 7 heteroatoms. The van der Waals surface area contributed by atoms with Crippen molar-refractivity contribution >= 4 is 35.7 Å². The largest absolute Gasteiger partial charge is 0.481 e. The van der Waals surface area contributed by atoms with Gasteiger partial charge in [-0.3, -0.25) is 20.4 Å². The van der Waals surface area contributed by atoms with Crippen molar-refractivity contribution in [1.29, 1.82) is 0 Å². The Bertz CT molecular complexity index is 757. The number of nitrogens with one attached hydrogen (secondary N) is 2. The van der Waals surface area contributed by atoms with Gasteiger partial charge in [-0.05, 0) is 49.0 Å². The van der Waals surface area contributed by atoms with Crippen LogP contribution in [-0.2, 0) is 11.2 Å². The zero-order chi connectivity index (χ0) is 17.5. The SMILES string of the molecule is C=Nc1cc(C(=O)Nc2ccc(CCC(=O)O)cc2)ccc1NN. The number of rotatable bonds is 7. The number of anilines is 2. The van der Waals surface area contributed by atoms with Crippen LogP contribution in [0.3, 0.4) is 0 Å². The van der Waals surface area contributed by atoms with E-state index in [0.717, 1.165) is 5.56 Å². The number of nitrogens with two attached hydrogens (primary N) is 1. The van der Waals surface area contributed by atoms with E-state index in [1.54, 1.807) is 42.5 Å². The zero-order valence-corrected chi connectivity index (χ0v) is 13.0. The van der Waals surface area contributed by atoms with Gasteiger partial charge < -0.3 is 15.8 Å². The predicted octanol–water partition coefficient (Wildman–Crippen LogP) is 2.57. The number of aliphatic imine (C=N–C) groups is 1. The molecule has 0 aliphatic heterocycles. The van der Waals surface area contributed by atoms with Gasteiger partial charge in [-0.2, -0.15) is 0 Å². The molecule has 124 valence electrons. The maximum absolute atomic E-state index is 12.3. The number of carboxylic acids is 1. The Kier molecular flexibility index (Phi) is 5.64. The molecule has 24 heavy (non-hydrogen) atoms. The van der Waals surface area contributed by atoms with Crippen LogP contribution in [0.25, 0.3) is 0 Å². The summed E-state index contributed by atoms with van der Waals surface area (Å²) in [6, 6.07) is 11.9. The fourth-order valence-corrected chi connectivity index (χ4v) is 2.14. The van der Waals surface area contributed by atoms with Crippen LogP contribution in [0.15, 0.2) is 47.5 Å². The highest BCUT2D eigenvalue weighted by Gasteiger charge is 2.09. The van der Waals surface area contributed by atoms with Crippen LogP contribution in [0, 0.1) is 0 Å². The van der Waals surface area contributed by atoms with Gasteiger partial charge in [0.25, 0.3) is 5.91 Å². The Morgan fingerprint density at radius 2 is 1.88 bits per heavy atom. The number of carboxylic acid groups (broad SMARTS) is 1. The maximum Gasteiger partial charge on any atom is 0.303 e. The molecule has 0 aromatic heterocycles.